The van der Waals surface area contributed by atoms with Crippen LogP contribution in [0.5, 0.6) is 23.0 Å². The van der Waals surface area contributed by atoms with E-state index < -0.39 is 30.9 Å². The average Bonchev–Trinajstić information content (AvgIpc) is 3.01. The smallest absolute Gasteiger partial charge is 0.317 e. The fourth-order valence-corrected chi connectivity index (χ4v) is 5.54. The van der Waals surface area contributed by atoms with Crippen LogP contribution in [0.2, 0.25) is 0 Å². The number of nitrogens with zero attached hydrogens (tertiary/aromatic N) is 4. The molecule has 3 atom stereocenters. The number of carbonyl (C=O) groups is 1. The van der Waals surface area contributed by atoms with Gasteiger partial charge in [-0.1, -0.05) is 12.1 Å². The van der Waals surface area contributed by atoms with Gasteiger partial charge in [-0.3, -0.25) is 24.6 Å². The maximum Gasteiger partial charge on any atom is 0.317 e. The first kappa shape index (κ1) is 33.4. The van der Waals surface area contributed by atoms with E-state index in [2.05, 4.69) is 4.98 Å². The molecular formula is C33H40N4O8. The number of hydrogen-bond acceptors (Lipinski definition) is 11. The standard InChI is InChI=1S/C33H40N4O8/c1-21-7-6-9-27(35-21)33(25-18-23(45-3)11-13-29(25)39)37(20-31(42)43)16-15-36(19-30(40)41)32(26-8-4-5-14-34-26)24-17-22(44-2)10-12-28(24)38/h4-6,8-14,17-18,21,31-33,38-39,42-43H,7,15-16,19-20H2,1-3H3,(H,40,41). The third-order valence-corrected chi connectivity index (χ3v) is 7.58. The van der Waals surface area contributed by atoms with Crippen molar-refractivity contribution in [3.8, 4) is 23.0 Å². The molecule has 0 aliphatic carbocycles. The number of benzene rings is 2. The maximum absolute atomic E-state index is 12.2. The van der Waals surface area contributed by atoms with E-state index in [0.29, 0.717) is 34.0 Å². The molecule has 0 amide bonds. The number of carboxylic acid groups (broad SMARTS) is 1. The van der Waals surface area contributed by atoms with Gasteiger partial charge in [0.05, 0.1) is 56.8 Å². The van der Waals surface area contributed by atoms with Crippen LogP contribution in [-0.2, 0) is 4.79 Å². The third kappa shape index (κ3) is 8.58. The van der Waals surface area contributed by atoms with Gasteiger partial charge in [0, 0.05) is 30.4 Å². The zero-order valence-electron chi connectivity index (χ0n) is 25.5. The molecule has 4 rings (SSSR count). The van der Waals surface area contributed by atoms with Gasteiger partial charge in [-0.05, 0) is 68.0 Å². The third-order valence-electron chi connectivity index (χ3n) is 7.58. The summed E-state index contributed by atoms with van der Waals surface area (Å²) in [5, 5.41) is 52.4. The van der Waals surface area contributed by atoms with E-state index in [1.54, 1.807) is 58.5 Å². The maximum atomic E-state index is 12.2. The number of phenols is 2. The largest absolute Gasteiger partial charge is 0.508 e. The van der Waals surface area contributed by atoms with Crippen LogP contribution in [0.25, 0.3) is 0 Å². The van der Waals surface area contributed by atoms with Crippen LogP contribution in [-0.4, -0.2) is 105 Å². The molecule has 2 heterocycles. The molecule has 1 aliphatic heterocycles. The van der Waals surface area contributed by atoms with Gasteiger partial charge in [-0.25, -0.2) is 0 Å². The number of carboxylic acids is 1. The number of phenolic OH excluding ortho intramolecular Hbond substituents is 2. The molecule has 45 heavy (non-hydrogen) atoms. The van der Waals surface area contributed by atoms with E-state index >= 15 is 0 Å². The lowest BCUT2D eigenvalue weighted by molar-refractivity contribution is -0.139. The predicted octanol–water partition coefficient (Wildman–Crippen LogP) is 3.13. The number of pyridine rings is 1. The van der Waals surface area contributed by atoms with Crippen molar-refractivity contribution in [1.82, 2.24) is 14.8 Å². The second-order valence-corrected chi connectivity index (χ2v) is 10.8. The Morgan fingerprint density at radius 2 is 1.56 bits per heavy atom. The molecule has 0 bridgehead atoms. The van der Waals surface area contributed by atoms with Gasteiger partial charge in [-0.15, -0.1) is 0 Å². The highest BCUT2D eigenvalue weighted by Crippen LogP contribution is 2.37. The molecule has 0 radical (unpaired) electrons. The minimum atomic E-state index is -1.76. The molecule has 3 aromatic rings. The van der Waals surface area contributed by atoms with E-state index in [9.17, 15) is 30.3 Å². The summed E-state index contributed by atoms with van der Waals surface area (Å²) in [5.74, 6) is -0.264. The van der Waals surface area contributed by atoms with E-state index in [1.807, 2.05) is 19.1 Å². The molecular weight excluding hydrogens is 580 g/mol. The summed E-state index contributed by atoms with van der Waals surface area (Å²) in [4.78, 5) is 24.9. The molecule has 1 aromatic heterocycles. The zero-order valence-corrected chi connectivity index (χ0v) is 25.5. The number of dihydropyridines is 1. The van der Waals surface area contributed by atoms with Crippen LogP contribution < -0.4 is 9.47 Å². The van der Waals surface area contributed by atoms with Crippen molar-refractivity contribution in [3.63, 3.8) is 0 Å². The molecule has 0 saturated carbocycles. The fourth-order valence-electron chi connectivity index (χ4n) is 5.54. The van der Waals surface area contributed by atoms with Crippen LogP contribution in [0, 0.1) is 0 Å². The Kier molecular flexibility index (Phi) is 11.5. The number of aromatic nitrogens is 1. The summed E-state index contributed by atoms with van der Waals surface area (Å²) in [6.07, 6.45) is 4.38. The van der Waals surface area contributed by atoms with Crippen molar-refractivity contribution < 1.29 is 39.8 Å². The van der Waals surface area contributed by atoms with Gasteiger partial charge >= 0.3 is 5.97 Å². The molecule has 12 nitrogen and oxygen atoms in total. The van der Waals surface area contributed by atoms with Gasteiger partial charge in [0.1, 0.15) is 23.0 Å². The first-order valence-electron chi connectivity index (χ1n) is 14.6. The quantitative estimate of drug-likeness (QED) is 0.158. The normalized spacial score (nSPS) is 16.1. The van der Waals surface area contributed by atoms with Crippen LogP contribution in [0.4, 0.5) is 0 Å². The Balaban J connectivity index is 1.81. The van der Waals surface area contributed by atoms with Crippen molar-refractivity contribution >= 4 is 11.7 Å². The number of ether oxygens (including phenoxy) is 2. The Labute approximate surface area is 262 Å². The van der Waals surface area contributed by atoms with Crippen LogP contribution in [0.15, 0.2) is 77.9 Å². The van der Waals surface area contributed by atoms with Crippen molar-refractivity contribution in [2.45, 2.75) is 37.8 Å². The number of aliphatic carboxylic acids is 1. The molecule has 240 valence electrons. The van der Waals surface area contributed by atoms with Gasteiger partial charge < -0.3 is 35.0 Å². The Morgan fingerprint density at radius 3 is 2.09 bits per heavy atom. The Morgan fingerprint density at radius 1 is 0.933 bits per heavy atom. The van der Waals surface area contributed by atoms with Crippen molar-refractivity contribution in [3.05, 3.63) is 89.8 Å². The van der Waals surface area contributed by atoms with Gasteiger partial charge in [0.25, 0.3) is 0 Å². The Hall–Kier alpha value is -4.49. The number of rotatable bonds is 15. The first-order chi connectivity index (χ1) is 21.6. The number of aliphatic hydroxyl groups is 2. The lowest BCUT2D eigenvalue weighted by atomic mass is 9.95. The first-order valence-corrected chi connectivity index (χ1v) is 14.6. The molecule has 1 aliphatic rings. The summed E-state index contributed by atoms with van der Waals surface area (Å²) in [6, 6.07) is 13.2. The second-order valence-electron chi connectivity index (χ2n) is 10.8. The highest BCUT2D eigenvalue weighted by Gasteiger charge is 2.33. The molecule has 3 unspecified atom stereocenters. The molecule has 0 fully saturated rings. The van der Waals surface area contributed by atoms with Crippen molar-refractivity contribution in [1.29, 1.82) is 0 Å². The number of aliphatic imine (C=N–C) groups is 1. The SMILES string of the molecule is COc1ccc(O)c(C(C2=NC(C)CC=C2)N(CCN(CC(=O)O)C(c2ccccn2)c2cc(OC)ccc2O)CC(O)O)c1. The lowest BCUT2D eigenvalue weighted by Crippen LogP contribution is -2.45. The van der Waals surface area contributed by atoms with Crippen molar-refractivity contribution in [2.24, 2.45) is 4.99 Å². The van der Waals surface area contributed by atoms with Gasteiger partial charge in [0.15, 0.2) is 6.29 Å². The molecule has 0 spiro atoms. The second kappa shape index (κ2) is 15.5. The summed E-state index contributed by atoms with van der Waals surface area (Å²) >= 11 is 0. The van der Waals surface area contributed by atoms with E-state index in [-0.39, 0.29) is 37.2 Å². The summed E-state index contributed by atoms with van der Waals surface area (Å²) in [6.45, 7) is 1.46. The monoisotopic (exact) mass is 620 g/mol. The predicted molar refractivity (Wildman–Crippen MR) is 168 cm³/mol. The van der Waals surface area contributed by atoms with E-state index in [1.165, 1.54) is 26.4 Å². The highest BCUT2D eigenvalue weighted by atomic mass is 16.5. The highest BCUT2D eigenvalue weighted by molar-refractivity contribution is 6.01. The minimum Gasteiger partial charge on any atom is -0.508 e. The van der Waals surface area contributed by atoms with Gasteiger partial charge in [0.2, 0.25) is 0 Å². The fraction of sp³-hybridized carbons (Fsp3) is 0.364. The van der Waals surface area contributed by atoms with E-state index in [0.717, 1.165) is 6.42 Å². The topological polar surface area (TPSA) is 168 Å². The summed E-state index contributed by atoms with van der Waals surface area (Å²) in [5.41, 5.74) is 1.91. The minimum absolute atomic E-state index is 0.0392. The number of aliphatic hydroxyl groups excluding tert-OH is 1. The molecule has 0 saturated heterocycles. The molecule has 12 heteroatoms. The molecule has 5 N–H and O–H groups in total. The summed E-state index contributed by atoms with van der Waals surface area (Å²) < 4.78 is 10.8. The zero-order chi connectivity index (χ0) is 32.5. The summed E-state index contributed by atoms with van der Waals surface area (Å²) in [7, 11) is 3.01. The van der Waals surface area contributed by atoms with Crippen molar-refractivity contribution in [2.75, 3.05) is 40.4 Å². The van der Waals surface area contributed by atoms with Crippen LogP contribution >= 0.6 is 0 Å². The number of hydrogen-bond donors (Lipinski definition) is 5. The number of aromatic hydroxyl groups is 2. The Bertz CT molecular complexity index is 1500. The van der Waals surface area contributed by atoms with Crippen LogP contribution in [0.3, 0.4) is 0 Å². The van der Waals surface area contributed by atoms with Gasteiger partial charge in [-0.2, -0.15) is 0 Å². The van der Waals surface area contributed by atoms with E-state index in [4.69, 9.17) is 14.5 Å². The molecule has 2 aromatic carbocycles. The number of methoxy groups -OCH3 is 2. The van der Waals surface area contributed by atoms with Crippen LogP contribution in [0.1, 0.15) is 42.2 Å². The average molecular weight is 621 g/mol. The lowest BCUT2D eigenvalue weighted by Gasteiger charge is -2.37.